The summed E-state index contributed by atoms with van der Waals surface area (Å²) in [7, 11) is 0. The van der Waals surface area contributed by atoms with Crippen molar-refractivity contribution in [2.75, 3.05) is 0 Å². The first-order chi connectivity index (χ1) is 25.7. The third-order valence-corrected chi connectivity index (χ3v) is 10.7. The summed E-state index contributed by atoms with van der Waals surface area (Å²) in [5.74, 6) is 1.01. The Labute approximate surface area is 302 Å². The molecule has 248 valence electrons. The quantitative estimate of drug-likeness (QED) is 0.165. The van der Waals surface area contributed by atoms with Gasteiger partial charge in [-0.2, -0.15) is 0 Å². The highest BCUT2D eigenvalue weighted by Crippen LogP contribution is 2.45. The molecule has 10 rings (SSSR count). The van der Waals surface area contributed by atoms with Gasteiger partial charge in [0.1, 0.15) is 17.4 Å². The van der Waals surface area contributed by atoms with E-state index in [4.69, 9.17) is 9.15 Å². The number of hydrogen-bond acceptors (Lipinski definition) is 2. The molecule has 0 N–H and O–H groups in total. The first-order valence-corrected chi connectivity index (χ1v) is 17.9. The van der Waals surface area contributed by atoms with Crippen LogP contribution in [0.3, 0.4) is 0 Å². The Morgan fingerprint density at radius 1 is 0.596 bits per heavy atom. The second kappa shape index (κ2) is 12.0. The molecule has 3 heterocycles. The van der Waals surface area contributed by atoms with Gasteiger partial charge in [-0.15, -0.1) is 6.58 Å². The average Bonchev–Trinajstić information content (AvgIpc) is 3.87. The van der Waals surface area contributed by atoms with E-state index in [-0.39, 0.29) is 12.0 Å². The normalized spacial score (nSPS) is 15.6. The van der Waals surface area contributed by atoms with Crippen molar-refractivity contribution in [1.82, 2.24) is 4.57 Å². The predicted octanol–water partition coefficient (Wildman–Crippen LogP) is 13.3. The summed E-state index contributed by atoms with van der Waals surface area (Å²) in [6.45, 7) is 6.17. The van der Waals surface area contributed by atoms with Crippen LogP contribution in [0, 0.1) is 0 Å². The van der Waals surface area contributed by atoms with Gasteiger partial charge in [0.2, 0.25) is 0 Å². The molecule has 1 aliphatic heterocycles. The minimum absolute atomic E-state index is 0.0420. The highest BCUT2D eigenvalue weighted by molar-refractivity contribution is 6.16. The van der Waals surface area contributed by atoms with E-state index in [2.05, 4.69) is 169 Å². The number of benzene rings is 7. The Morgan fingerprint density at radius 3 is 1.90 bits per heavy atom. The largest absolute Gasteiger partial charge is 0.485 e. The lowest BCUT2D eigenvalue weighted by molar-refractivity contribution is 0.270. The molecular weight excluding hydrogens is 635 g/mol. The molecule has 2 aromatic heterocycles. The molecule has 1 aliphatic rings. The van der Waals surface area contributed by atoms with Gasteiger partial charge in [0.15, 0.2) is 5.58 Å². The van der Waals surface area contributed by atoms with Crippen molar-refractivity contribution in [3.05, 3.63) is 182 Å². The molecule has 7 aromatic carbocycles. The van der Waals surface area contributed by atoms with Gasteiger partial charge in [0.25, 0.3) is 0 Å². The lowest BCUT2D eigenvalue weighted by Gasteiger charge is -2.11. The van der Waals surface area contributed by atoms with Crippen LogP contribution in [0.1, 0.15) is 18.4 Å². The highest BCUT2D eigenvalue weighted by Gasteiger charge is 2.31. The maximum absolute atomic E-state index is 6.87. The minimum Gasteiger partial charge on any atom is -0.485 e. The zero-order chi connectivity index (χ0) is 34.8. The van der Waals surface area contributed by atoms with E-state index in [9.17, 15) is 0 Å². The number of nitrogens with zero attached hydrogens (tertiary/aromatic N) is 1. The number of ether oxygens (including phenoxy) is 1. The fraction of sp³-hybridized carbons (Fsp3) is 0.0612. The topological polar surface area (TPSA) is 27.3 Å². The number of allylic oxidation sites excluding steroid dienone is 1. The summed E-state index contributed by atoms with van der Waals surface area (Å²) in [6.07, 6.45) is 6.11. The molecule has 2 unspecified atom stereocenters. The molecule has 52 heavy (non-hydrogen) atoms. The van der Waals surface area contributed by atoms with Crippen LogP contribution in [0.4, 0.5) is 0 Å². The number of furan rings is 1. The third-order valence-electron chi connectivity index (χ3n) is 10.7. The summed E-state index contributed by atoms with van der Waals surface area (Å²) in [5.41, 5.74) is 13.2. The molecule has 0 spiro atoms. The summed E-state index contributed by atoms with van der Waals surface area (Å²) in [4.78, 5) is 0. The molecule has 3 heteroatoms. The van der Waals surface area contributed by atoms with Gasteiger partial charge in [0, 0.05) is 33.0 Å². The molecule has 0 bridgehead atoms. The number of para-hydroxylation sites is 1. The molecular formula is C49H35NO2. The van der Waals surface area contributed by atoms with Crippen LogP contribution in [0.2, 0.25) is 0 Å². The lowest BCUT2D eigenvalue weighted by atomic mass is 9.91. The van der Waals surface area contributed by atoms with Crippen LogP contribution in [0.15, 0.2) is 181 Å². The zero-order valence-electron chi connectivity index (χ0n) is 28.8. The molecule has 0 saturated carbocycles. The fourth-order valence-corrected chi connectivity index (χ4v) is 8.24. The van der Waals surface area contributed by atoms with Gasteiger partial charge in [-0.05, 0) is 94.9 Å². The zero-order valence-corrected chi connectivity index (χ0v) is 28.8. The Kier molecular flexibility index (Phi) is 7.00. The van der Waals surface area contributed by atoms with E-state index < -0.39 is 0 Å². The standard InChI is InChI=1S/C49H35NO2/c1-3-13-45-36(4-2)41-30-35(24-27-46(41)51-45)37-18-12-21-47-48(37)38-19-11-20-44(49(38)52-47)50-42-25-22-33(31-14-7-5-8-15-31)28-39(42)40-29-34(23-26-43(40)50)32-16-9-6-10-17-32/h3-30,36,45H,2H2,1H3/b13-3-. The summed E-state index contributed by atoms with van der Waals surface area (Å²) in [6, 6.07) is 54.3. The van der Waals surface area contributed by atoms with Gasteiger partial charge in [0.05, 0.1) is 16.7 Å². The number of fused-ring (bicyclic) bond motifs is 7. The van der Waals surface area contributed by atoms with Crippen molar-refractivity contribution in [3.63, 3.8) is 0 Å². The van der Waals surface area contributed by atoms with Crippen LogP contribution >= 0.6 is 0 Å². The molecule has 2 atom stereocenters. The second-order valence-electron chi connectivity index (χ2n) is 13.6. The Morgan fingerprint density at radius 2 is 1.25 bits per heavy atom. The Hall–Kier alpha value is -6.58. The number of rotatable bonds is 6. The second-order valence-corrected chi connectivity index (χ2v) is 13.6. The van der Waals surface area contributed by atoms with Gasteiger partial charge in [-0.1, -0.05) is 115 Å². The molecule has 9 aromatic rings. The molecule has 0 fully saturated rings. The van der Waals surface area contributed by atoms with Gasteiger partial charge < -0.3 is 13.7 Å². The molecule has 0 radical (unpaired) electrons. The van der Waals surface area contributed by atoms with Crippen molar-refractivity contribution in [2.45, 2.75) is 18.9 Å². The van der Waals surface area contributed by atoms with Gasteiger partial charge in [-0.25, -0.2) is 0 Å². The van der Waals surface area contributed by atoms with E-state index >= 15 is 0 Å². The maximum Gasteiger partial charge on any atom is 0.159 e. The molecule has 3 nitrogen and oxygen atoms in total. The van der Waals surface area contributed by atoms with E-state index in [1.807, 2.05) is 19.1 Å². The van der Waals surface area contributed by atoms with Crippen LogP contribution in [-0.2, 0) is 0 Å². The van der Waals surface area contributed by atoms with Crippen molar-refractivity contribution >= 4 is 43.7 Å². The van der Waals surface area contributed by atoms with Crippen LogP contribution in [0.5, 0.6) is 5.75 Å². The van der Waals surface area contributed by atoms with Crippen molar-refractivity contribution in [3.8, 4) is 44.8 Å². The Bertz CT molecular complexity index is 2760. The van der Waals surface area contributed by atoms with Crippen molar-refractivity contribution < 1.29 is 9.15 Å². The molecule has 0 amide bonds. The van der Waals surface area contributed by atoms with E-state index in [1.54, 1.807) is 0 Å². The number of aromatic nitrogens is 1. The van der Waals surface area contributed by atoms with E-state index in [1.165, 1.54) is 33.0 Å². The maximum atomic E-state index is 6.87. The Balaban J connectivity index is 1.19. The summed E-state index contributed by atoms with van der Waals surface area (Å²) >= 11 is 0. The van der Waals surface area contributed by atoms with E-state index in [0.717, 1.165) is 61.1 Å². The highest BCUT2D eigenvalue weighted by atomic mass is 16.5. The van der Waals surface area contributed by atoms with Gasteiger partial charge in [-0.3, -0.25) is 0 Å². The summed E-state index contributed by atoms with van der Waals surface area (Å²) in [5, 5.41) is 4.60. The van der Waals surface area contributed by atoms with Gasteiger partial charge >= 0.3 is 0 Å². The molecule has 0 aliphatic carbocycles. The first-order valence-electron chi connectivity index (χ1n) is 17.9. The third kappa shape index (κ3) is 4.66. The van der Waals surface area contributed by atoms with E-state index in [0.29, 0.717) is 0 Å². The van der Waals surface area contributed by atoms with Crippen LogP contribution < -0.4 is 4.74 Å². The SMILES string of the molecule is C=CC1c2cc(-c3cccc4oc5c(-n6c7ccc(-c8ccccc8)cc7c7cc(-c8ccccc8)ccc76)cccc5c34)ccc2OC1/C=C\C. The van der Waals surface area contributed by atoms with Crippen LogP contribution in [-0.4, -0.2) is 10.7 Å². The smallest absolute Gasteiger partial charge is 0.159 e. The fourth-order valence-electron chi connectivity index (χ4n) is 8.24. The van der Waals surface area contributed by atoms with Crippen LogP contribution in [0.25, 0.3) is 82.8 Å². The summed E-state index contributed by atoms with van der Waals surface area (Å²) < 4.78 is 15.5. The monoisotopic (exact) mass is 669 g/mol. The minimum atomic E-state index is -0.0420. The van der Waals surface area contributed by atoms with Crippen molar-refractivity contribution in [2.24, 2.45) is 0 Å². The predicted molar refractivity (Wildman–Crippen MR) is 217 cm³/mol. The number of hydrogen-bond donors (Lipinski definition) is 0. The molecule has 0 saturated heterocycles. The average molecular weight is 670 g/mol. The first kappa shape index (κ1) is 30.3. The lowest BCUT2D eigenvalue weighted by Crippen LogP contribution is -2.13. The van der Waals surface area contributed by atoms with Crippen molar-refractivity contribution in [1.29, 1.82) is 0 Å².